The van der Waals surface area contributed by atoms with Crippen LogP contribution in [0, 0.1) is 6.92 Å². The number of pyridine rings is 1. The van der Waals surface area contributed by atoms with E-state index in [1.54, 1.807) is 6.08 Å². The Morgan fingerprint density at radius 2 is 1.66 bits per heavy atom. The number of hydrogen-bond donors (Lipinski definition) is 0. The number of aromatic nitrogens is 1. The number of hydrogen-bond acceptors (Lipinski definition) is 2. The molecule has 142 valence electrons. The lowest BCUT2D eigenvalue weighted by Crippen LogP contribution is -2.05. The van der Waals surface area contributed by atoms with Crippen molar-refractivity contribution in [1.82, 2.24) is 4.98 Å². The van der Waals surface area contributed by atoms with E-state index in [1.807, 2.05) is 85.8 Å². The lowest BCUT2D eigenvalue weighted by Gasteiger charge is -2.14. The van der Waals surface area contributed by atoms with Gasteiger partial charge in [-0.3, -0.25) is 9.78 Å². The topological polar surface area (TPSA) is 30.0 Å². The maximum Gasteiger partial charge on any atom is 0.188 e. The van der Waals surface area contributed by atoms with Crippen LogP contribution in [-0.2, 0) is 0 Å². The van der Waals surface area contributed by atoms with Gasteiger partial charge >= 0.3 is 0 Å². The molecule has 2 nitrogen and oxygen atoms in total. The first-order valence-electron chi connectivity index (χ1n) is 9.16. The number of rotatable bonds is 4. The Labute approximate surface area is 186 Å². The Morgan fingerprint density at radius 3 is 2.41 bits per heavy atom. The second-order valence-electron chi connectivity index (χ2n) is 6.73. The Bertz CT molecular complexity index is 1250. The van der Waals surface area contributed by atoms with Crippen molar-refractivity contribution in [2.24, 2.45) is 0 Å². The van der Waals surface area contributed by atoms with Crippen LogP contribution in [0.15, 0.2) is 87.8 Å². The molecule has 0 atom stereocenters. The molecule has 1 aromatic heterocycles. The highest BCUT2D eigenvalue weighted by atomic mass is 79.9. The van der Waals surface area contributed by atoms with Crippen LogP contribution in [0.25, 0.3) is 28.1 Å². The summed E-state index contributed by atoms with van der Waals surface area (Å²) in [6.07, 6.45) is 3.47. The lowest BCUT2D eigenvalue weighted by atomic mass is 9.92. The molecular weight excluding hydrogens is 490 g/mol. The summed E-state index contributed by atoms with van der Waals surface area (Å²) in [6, 6.07) is 23.8. The third kappa shape index (κ3) is 4.24. The van der Waals surface area contributed by atoms with Gasteiger partial charge in [-0.25, -0.2) is 0 Å². The zero-order valence-electron chi connectivity index (χ0n) is 15.7. The SMILES string of the molecule is Cc1nc2ccc(Br)cc2c(-c2ccccc2)c1C(=O)C=Cc1cccc(Br)c1. The zero-order chi connectivity index (χ0) is 20.4. The molecule has 0 fully saturated rings. The van der Waals surface area contributed by atoms with Crippen LogP contribution in [0.3, 0.4) is 0 Å². The molecule has 0 aliphatic carbocycles. The fourth-order valence-corrected chi connectivity index (χ4v) is 4.21. The summed E-state index contributed by atoms with van der Waals surface area (Å²) >= 11 is 7.02. The Hall–Kier alpha value is -2.56. The second-order valence-corrected chi connectivity index (χ2v) is 8.56. The van der Waals surface area contributed by atoms with Crippen molar-refractivity contribution in [3.8, 4) is 11.1 Å². The molecule has 0 N–H and O–H groups in total. The molecule has 0 saturated heterocycles. The first-order chi connectivity index (χ1) is 14.0. The lowest BCUT2D eigenvalue weighted by molar-refractivity contribution is 0.104. The minimum atomic E-state index is -0.0595. The molecule has 4 rings (SSSR count). The predicted molar refractivity (Wildman–Crippen MR) is 127 cm³/mol. The Balaban J connectivity index is 1.91. The summed E-state index contributed by atoms with van der Waals surface area (Å²) in [7, 11) is 0. The quantitative estimate of drug-likeness (QED) is 0.210. The van der Waals surface area contributed by atoms with Crippen LogP contribution in [-0.4, -0.2) is 10.8 Å². The van der Waals surface area contributed by atoms with E-state index in [-0.39, 0.29) is 5.78 Å². The summed E-state index contributed by atoms with van der Waals surface area (Å²) in [5, 5.41) is 0.954. The van der Waals surface area contributed by atoms with Crippen LogP contribution >= 0.6 is 31.9 Å². The molecule has 0 saturated carbocycles. The highest BCUT2D eigenvalue weighted by molar-refractivity contribution is 9.10. The van der Waals surface area contributed by atoms with Gasteiger partial charge < -0.3 is 0 Å². The predicted octanol–water partition coefficient (Wildman–Crippen LogP) is 7.63. The summed E-state index contributed by atoms with van der Waals surface area (Å²) < 4.78 is 1.93. The van der Waals surface area contributed by atoms with Gasteiger partial charge in [-0.15, -0.1) is 0 Å². The number of allylic oxidation sites excluding steroid dienone is 1. The minimum absolute atomic E-state index is 0.0595. The molecule has 0 aliphatic rings. The van der Waals surface area contributed by atoms with E-state index in [0.717, 1.165) is 42.2 Å². The average molecular weight is 507 g/mol. The van der Waals surface area contributed by atoms with E-state index >= 15 is 0 Å². The highest BCUT2D eigenvalue weighted by Crippen LogP contribution is 2.35. The van der Waals surface area contributed by atoms with E-state index in [4.69, 9.17) is 4.98 Å². The van der Waals surface area contributed by atoms with E-state index < -0.39 is 0 Å². The molecule has 0 bridgehead atoms. The van der Waals surface area contributed by atoms with Crippen LogP contribution in [0.2, 0.25) is 0 Å². The standard InChI is InChI=1S/C25H17Br2NO/c1-16-24(23(29)13-10-17-6-5-9-19(26)14-17)25(18-7-3-2-4-8-18)21-15-20(27)11-12-22(21)28-16/h2-15H,1H3. The maximum absolute atomic E-state index is 13.3. The normalized spacial score (nSPS) is 11.3. The van der Waals surface area contributed by atoms with Gasteiger partial charge in [0.25, 0.3) is 0 Å². The maximum atomic E-state index is 13.3. The third-order valence-electron chi connectivity index (χ3n) is 4.71. The largest absolute Gasteiger partial charge is 0.289 e. The summed E-state index contributed by atoms with van der Waals surface area (Å²) in [5.74, 6) is -0.0595. The smallest absolute Gasteiger partial charge is 0.188 e. The van der Waals surface area contributed by atoms with Crippen molar-refractivity contribution in [2.75, 3.05) is 0 Å². The van der Waals surface area contributed by atoms with Gasteiger partial charge in [0.15, 0.2) is 5.78 Å². The zero-order valence-corrected chi connectivity index (χ0v) is 18.9. The van der Waals surface area contributed by atoms with Crippen molar-refractivity contribution >= 4 is 54.6 Å². The van der Waals surface area contributed by atoms with Crippen molar-refractivity contribution in [1.29, 1.82) is 0 Å². The van der Waals surface area contributed by atoms with Crippen LogP contribution in [0.4, 0.5) is 0 Å². The average Bonchev–Trinajstić information content (AvgIpc) is 2.72. The van der Waals surface area contributed by atoms with E-state index in [1.165, 1.54) is 0 Å². The number of fused-ring (bicyclic) bond motifs is 1. The Morgan fingerprint density at radius 1 is 0.897 bits per heavy atom. The number of halogens is 2. The molecule has 0 radical (unpaired) electrons. The monoisotopic (exact) mass is 505 g/mol. The molecule has 3 aromatic carbocycles. The molecule has 0 unspecified atom stereocenters. The van der Waals surface area contributed by atoms with Crippen LogP contribution in [0.5, 0.6) is 0 Å². The molecule has 4 heteroatoms. The van der Waals surface area contributed by atoms with Crippen LogP contribution < -0.4 is 0 Å². The fraction of sp³-hybridized carbons (Fsp3) is 0.0400. The fourth-order valence-electron chi connectivity index (χ4n) is 3.43. The molecule has 0 amide bonds. The van der Waals surface area contributed by atoms with Crippen molar-refractivity contribution in [3.63, 3.8) is 0 Å². The van der Waals surface area contributed by atoms with E-state index in [2.05, 4.69) is 31.9 Å². The molecule has 29 heavy (non-hydrogen) atoms. The minimum Gasteiger partial charge on any atom is -0.289 e. The Kier molecular flexibility index (Phi) is 5.74. The van der Waals surface area contributed by atoms with Gasteiger partial charge in [-0.1, -0.05) is 80.4 Å². The van der Waals surface area contributed by atoms with Crippen molar-refractivity contribution in [3.05, 3.63) is 105 Å². The highest BCUT2D eigenvalue weighted by Gasteiger charge is 2.19. The molecule has 1 heterocycles. The molecule has 0 spiro atoms. The molecule has 4 aromatic rings. The summed E-state index contributed by atoms with van der Waals surface area (Å²) in [5.41, 5.74) is 5.11. The van der Waals surface area contributed by atoms with Gasteiger partial charge in [0.1, 0.15) is 0 Å². The van der Waals surface area contributed by atoms with E-state index in [9.17, 15) is 4.79 Å². The van der Waals surface area contributed by atoms with Crippen LogP contribution in [0.1, 0.15) is 21.6 Å². The van der Waals surface area contributed by atoms with Gasteiger partial charge in [0, 0.05) is 25.6 Å². The van der Waals surface area contributed by atoms with Gasteiger partial charge in [-0.05, 0) is 54.5 Å². The molecular formula is C25H17Br2NO. The number of ketones is 1. The number of benzene rings is 3. The number of carbonyl (C=O) groups excluding carboxylic acids is 1. The van der Waals surface area contributed by atoms with Gasteiger partial charge in [0.05, 0.1) is 11.1 Å². The molecule has 0 aliphatic heterocycles. The first kappa shape index (κ1) is 19.7. The summed E-state index contributed by atoms with van der Waals surface area (Å²) in [4.78, 5) is 18.0. The van der Waals surface area contributed by atoms with Gasteiger partial charge in [-0.2, -0.15) is 0 Å². The van der Waals surface area contributed by atoms with Crippen molar-refractivity contribution in [2.45, 2.75) is 6.92 Å². The number of nitrogens with zero attached hydrogens (tertiary/aromatic N) is 1. The number of aryl methyl sites for hydroxylation is 1. The van der Waals surface area contributed by atoms with Gasteiger partial charge in [0.2, 0.25) is 0 Å². The first-order valence-corrected chi connectivity index (χ1v) is 10.7. The summed E-state index contributed by atoms with van der Waals surface area (Å²) in [6.45, 7) is 1.90. The van der Waals surface area contributed by atoms with E-state index in [0.29, 0.717) is 5.56 Å². The third-order valence-corrected chi connectivity index (χ3v) is 5.70. The number of carbonyl (C=O) groups is 1. The van der Waals surface area contributed by atoms with Crippen molar-refractivity contribution < 1.29 is 4.79 Å². The second kappa shape index (κ2) is 8.44.